The van der Waals surface area contributed by atoms with Gasteiger partial charge in [-0.25, -0.2) is 0 Å². The van der Waals surface area contributed by atoms with E-state index in [9.17, 15) is 0 Å². The average molecular weight is 209 g/mol. The molecule has 0 aliphatic rings. The van der Waals surface area contributed by atoms with Gasteiger partial charge in [-0.05, 0) is 25.3 Å². The highest BCUT2D eigenvalue weighted by molar-refractivity contribution is 6.06. The first-order valence-electron chi connectivity index (χ1n) is 5.79. The summed E-state index contributed by atoms with van der Waals surface area (Å²) in [6, 6.07) is 15.3. The van der Waals surface area contributed by atoms with Gasteiger partial charge in [0.1, 0.15) is 0 Å². The molecule has 0 fully saturated rings. The zero-order valence-electron chi connectivity index (χ0n) is 9.70. The molecule has 0 spiro atoms. The molecule has 1 nitrogen and oxygen atoms in total. The molecular formula is C15H15N. The Bertz CT molecular complexity index is 662. The SMILES string of the molecule is CCn1c(C)cc2ccc3ccccc3c21. The van der Waals surface area contributed by atoms with Crippen LogP contribution in [-0.2, 0) is 6.54 Å². The Morgan fingerprint density at radius 1 is 1.00 bits per heavy atom. The van der Waals surface area contributed by atoms with Crippen LogP contribution >= 0.6 is 0 Å². The number of benzene rings is 2. The quantitative estimate of drug-likeness (QED) is 0.568. The Hall–Kier alpha value is -1.76. The molecule has 0 atom stereocenters. The van der Waals surface area contributed by atoms with Crippen molar-refractivity contribution in [2.75, 3.05) is 0 Å². The largest absolute Gasteiger partial charge is 0.345 e. The van der Waals surface area contributed by atoms with E-state index in [2.05, 4.69) is 60.9 Å². The number of nitrogens with zero attached hydrogens (tertiary/aromatic N) is 1. The maximum atomic E-state index is 2.39. The van der Waals surface area contributed by atoms with Gasteiger partial charge in [0.05, 0.1) is 5.52 Å². The molecule has 0 radical (unpaired) electrons. The summed E-state index contributed by atoms with van der Waals surface area (Å²) in [6.45, 7) is 5.41. The molecule has 16 heavy (non-hydrogen) atoms. The molecule has 0 unspecified atom stereocenters. The zero-order chi connectivity index (χ0) is 11.1. The van der Waals surface area contributed by atoms with Crippen molar-refractivity contribution in [2.24, 2.45) is 0 Å². The molecule has 0 N–H and O–H groups in total. The summed E-state index contributed by atoms with van der Waals surface area (Å²) < 4.78 is 2.39. The molecule has 1 aromatic heterocycles. The standard InChI is InChI=1S/C15H15N/c1-3-16-11(2)10-13-9-8-12-6-4-5-7-14(12)15(13)16/h4-10H,3H2,1-2H3. The van der Waals surface area contributed by atoms with Crippen LogP contribution in [0.4, 0.5) is 0 Å². The second-order valence-electron chi connectivity index (χ2n) is 4.25. The maximum Gasteiger partial charge on any atom is 0.0561 e. The Kier molecular flexibility index (Phi) is 2.00. The highest BCUT2D eigenvalue weighted by atomic mass is 15.0. The van der Waals surface area contributed by atoms with E-state index in [4.69, 9.17) is 0 Å². The topological polar surface area (TPSA) is 4.93 Å². The Balaban J connectivity index is 2.57. The maximum absolute atomic E-state index is 2.39. The van der Waals surface area contributed by atoms with Gasteiger partial charge in [0.15, 0.2) is 0 Å². The number of fused-ring (bicyclic) bond motifs is 3. The second kappa shape index (κ2) is 3.38. The number of aryl methyl sites for hydroxylation is 2. The molecule has 0 saturated carbocycles. The highest BCUT2D eigenvalue weighted by Crippen LogP contribution is 2.27. The molecule has 0 aliphatic heterocycles. The van der Waals surface area contributed by atoms with Gasteiger partial charge in [0.2, 0.25) is 0 Å². The van der Waals surface area contributed by atoms with Crippen LogP contribution in [0.1, 0.15) is 12.6 Å². The molecule has 3 aromatic rings. The second-order valence-corrected chi connectivity index (χ2v) is 4.25. The molecule has 0 bridgehead atoms. The van der Waals surface area contributed by atoms with Gasteiger partial charge >= 0.3 is 0 Å². The minimum Gasteiger partial charge on any atom is -0.345 e. The highest BCUT2D eigenvalue weighted by Gasteiger charge is 2.07. The van der Waals surface area contributed by atoms with Crippen molar-refractivity contribution < 1.29 is 0 Å². The van der Waals surface area contributed by atoms with Crippen LogP contribution in [0, 0.1) is 6.92 Å². The lowest BCUT2D eigenvalue weighted by molar-refractivity contribution is 0.772. The lowest BCUT2D eigenvalue weighted by atomic mass is 10.1. The van der Waals surface area contributed by atoms with Gasteiger partial charge in [0, 0.05) is 23.0 Å². The summed E-state index contributed by atoms with van der Waals surface area (Å²) in [6.07, 6.45) is 0. The zero-order valence-corrected chi connectivity index (χ0v) is 9.70. The molecule has 80 valence electrons. The van der Waals surface area contributed by atoms with E-state index in [1.54, 1.807) is 0 Å². The first kappa shape index (κ1) is 9.46. The van der Waals surface area contributed by atoms with Crippen molar-refractivity contribution in [1.29, 1.82) is 0 Å². The lowest BCUT2D eigenvalue weighted by Crippen LogP contribution is -1.95. The Morgan fingerprint density at radius 3 is 2.56 bits per heavy atom. The predicted molar refractivity (Wildman–Crippen MR) is 69.9 cm³/mol. The van der Waals surface area contributed by atoms with Crippen molar-refractivity contribution in [2.45, 2.75) is 20.4 Å². The first-order valence-corrected chi connectivity index (χ1v) is 5.79. The monoisotopic (exact) mass is 209 g/mol. The molecule has 3 rings (SSSR count). The number of aromatic nitrogens is 1. The van der Waals surface area contributed by atoms with Crippen LogP contribution in [0.15, 0.2) is 42.5 Å². The van der Waals surface area contributed by atoms with E-state index in [0.29, 0.717) is 0 Å². The fraction of sp³-hybridized carbons (Fsp3) is 0.200. The van der Waals surface area contributed by atoms with Crippen molar-refractivity contribution in [3.63, 3.8) is 0 Å². The summed E-state index contributed by atoms with van der Waals surface area (Å²) in [4.78, 5) is 0. The van der Waals surface area contributed by atoms with Crippen molar-refractivity contribution in [3.05, 3.63) is 48.2 Å². The third kappa shape index (κ3) is 1.18. The summed E-state index contributed by atoms with van der Waals surface area (Å²) >= 11 is 0. The van der Waals surface area contributed by atoms with E-state index in [1.807, 2.05) is 0 Å². The van der Waals surface area contributed by atoms with Crippen LogP contribution in [0.5, 0.6) is 0 Å². The first-order chi connectivity index (χ1) is 7.81. The van der Waals surface area contributed by atoms with Crippen molar-refractivity contribution in [1.82, 2.24) is 4.57 Å². The van der Waals surface area contributed by atoms with E-state index in [-0.39, 0.29) is 0 Å². The van der Waals surface area contributed by atoms with Crippen LogP contribution in [0.2, 0.25) is 0 Å². The fourth-order valence-electron chi connectivity index (χ4n) is 2.58. The summed E-state index contributed by atoms with van der Waals surface area (Å²) in [5.41, 5.74) is 2.71. The molecule has 0 saturated heterocycles. The minimum atomic E-state index is 1.03. The van der Waals surface area contributed by atoms with Crippen molar-refractivity contribution >= 4 is 21.7 Å². The third-order valence-electron chi connectivity index (χ3n) is 3.31. The number of rotatable bonds is 1. The van der Waals surface area contributed by atoms with E-state index < -0.39 is 0 Å². The molecule has 0 aliphatic carbocycles. The Morgan fingerprint density at radius 2 is 1.75 bits per heavy atom. The van der Waals surface area contributed by atoms with Gasteiger partial charge in [0.25, 0.3) is 0 Å². The van der Waals surface area contributed by atoms with Gasteiger partial charge in [-0.3, -0.25) is 0 Å². The van der Waals surface area contributed by atoms with Gasteiger partial charge in [-0.2, -0.15) is 0 Å². The third-order valence-corrected chi connectivity index (χ3v) is 3.31. The van der Waals surface area contributed by atoms with Gasteiger partial charge < -0.3 is 4.57 Å². The van der Waals surface area contributed by atoms with E-state index in [0.717, 1.165) is 6.54 Å². The van der Waals surface area contributed by atoms with Crippen LogP contribution in [0.25, 0.3) is 21.7 Å². The number of hydrogen-bond acceptors (Lipinski definition) is 0. The van der Waals surface area contributed by atoms with Crippen molar-refractivity contribution in [3.8, 4) is 0 Å². The normalized spacial score (nSPS) is 11.4. The van der Waals surface area contributed by atoms with Gasteiger partial charge in [-0.15, -0.1) is 0 Å². The average Bonchev–Trinajstić information content (AvgIpc) is 2.65. The molecule has 1 heteroatoms. The molecule has 0 amide bonds. The predicted octanol–water partition coefficient (Wildman–Crippen LogP) is 4.12. The molecule has 2 aromatic carbocycles. The summed E-state index contributed by atoms with van der Waals surface area (Å²) in [5, 5.41) is 4.02. The summed E-state index contributed by atoms with van der Waals surface area (Å²) in [5.74, 6) is 0. The lowest BCUT2D eigenvalue weighted by Gasteiger charge is -2.06. The smallest absolute Gasteiger partial charge is 0.0561 e. The van der Waals surface area contributed by atoms with Crippen LogP contribution in [0.3, 0.4) is 0 Å². The van der Waals surface area contributed by atoms with E-state index in [1.165, 1.54) is 27.4 Å². The Labute approximate surface area is 95.3 Å². The van der Waals surface area contributed by atoms with Crippen LogP contribution < -0.4 is 0 Å². The van der Waals surface area contributed by atoms with Crippen LogP contribution in [-0.4, -0.2) is 4.57 Å². The molecule has 1 heterocycles. The summed E-state index contributed by atoms with van der Waals surface area (Å²) in [7, 11) is 0. The minimum absolute atomic E-state index is 1.03. The van der Waals surface area contributed by atoms with E-state index >= 15 is 0 Å². The van der Waals surface area contributed by atoms with Gasteiger partial charge in [-0.1, -0.05) is 36.4 Å². The molecular weight excluding hydrogens is 194 g/mol. The number of hydrogen-bond donors (Lipinski definition) is 0. The fourth-order valence-corrected chi connectivity index (χ4v) is 2.58.